The zero-order valence-electron chi connectivity index (χ0n) is 15.2. The van der Waals surface area contributed by atoms with Crippen molar-refractivity contribution in [1.29, 1.82) is 5.41 Å². The molecule has 0 fully saturated rings. The molecule has 2 aromatic rings. The van der Waals surface area contributed by atoms with Crippen LogP contribution in [0.15, 0.2) is 42.9 Å². The van der Waals surface area contributed by atoms with Gasteiger partial charge in [-0.3, -0.25) is 4.98 Å². The lowest BCUT2D eigenvalue weighted by atomic mass is 10.1. The number of allylic oxidation sites excluding steroid dienone is 1. The molecule has 0 spiro atoms. The lowest BCUT2D eigenvalue weighted by molar-refractivity contribution is 0.687. The van der Waals surface area contributed by atoms with Gasteiger partial charge in [0.2, 0.25) is 0 Å². The van der Waals surface area contributed by atoms with Crippen molar-refractivity contribution in [3.63, 3.8) is 0 Å². The van der Waals surface area contributed by atoms with E-state index in [0.29, 0.717) is 5.92 Å². The number of hydrogen-bond donors (Lipinski definition) is 3. The summed E-state index contributed by atoms with van der Waals surface area (Å²) in [6, 6.07) is 7.89. The lowest BCUT2D eigenvalue weighted by Crippen LogP contribution is -2.09. The van der Waals surface area contributed by atoms with Gasteiger partial charge < -0.3 is 16.0 Å². The van der Waals surface area contributed by atoms with Crippen LogP contribution < -0.4 is 10.6 Å². The molecule has 0 aliphatic rings. The predicted octanol–water partition coefficient (Wildman–Crippen LogP) is 4.60. The molecule has 0 saturated carbocycles. The van der Waals surface area contributed by atoms with Crippen LogP contribution in [0.2, 0.25) is 0 Å². The Bertz CT molecular complexity index is 704. The Kier molecular flexibility index (Phi) is 7.14. The van der Waals surface area contributed by atoms with Crippen LogP contribution in [0.1, 0.15) is 38.4 Å². The van der Waals surface area contributed by atoms with E-state index in [2.05, 4.69) is 41.4 Å². The van der Waals surface area contributed by atoms with Crippen molar-refractivity contribution in [2.75, 3.05) is 17.2 Å². The Labute approximate surface area is 150 Å². The van der Waals surface area contributed by atoms with Gasteiger partial charge in [0.1, 0.15) is 5.82 Å². The third-order valence-corrected chi connectivity index (χ3v) is 3.66. The standard InChI is InChI=1S/C20H27N5/c1-4-5-18-10-19(8-9-22-18)23-14-17(11-21)16-6-7-20(25-13-16)24-12-15(2)3/h6-11,13-15,21H,4-5,12H2,1-3H3,(H,22,23)(H,24,25)/b17-14+,21-11?. The molecule has 25 heavy (non-hydrogen) atoms. The zero-order valence-corrected chi connectivity index (χ0v) is 15.2. The molecule has 0 radical (unpaired) electrons. The summed E-state index contributed by atoms with van der Waals surface area (Å²) in [5.41, 5.74) is 3.72. The van der Waals surface area contributed by atoms with Crippen molar-refractivity contribution in [2.24, 2.45) is 5.92 Å². The van der Waals surface area contributed by atoms with Gasteiger partial charge in [-0.2, -0.15) is 0 Å². The van der Waals surface area contributed by atoms with Crippen LogP contribution >= 0.6 is 0 Å². The summed E-state index contributed by atoms with van der Waals surface area (Å²) in [5.74, 6) is 1.42. The van der Waals surface area contributed by atoms with Gasteiger partial charge >= 0.3 is 0 Å². The van der Waals surface area contributed by atoms with Crippen molar-refractivity contribution in [3.8, 4) is 0 Å². The van der Waals surface area contributed by atoms with Crippen molar-refractivity contribution in [3.05, 3.63) is 54.1 Å². The third kappa shape index (κ3) is 6.03. The summed E-state index contributed by atoms with van der Waals surface area (Å²) >= 11 is 0. The first-order valence-corrected chi connectivity index (χ1v) is 8.74. The lowest BCUT2D eigenvalue weighted by Gasteiger charge is -2.09. The number of nitrogens with zero attached hydrogens (tertiary/aromatic N) is 2. The Morgan fingerprint density at radius 3 is 2.72 bits per heavy atom. The monoisotopic (exact) mass is 337 g/mol. The highest BCUT2D eigenvalue weighted by Gasteiger charge is 2.02. The summed E-state index contributed by atoms with van der Waals surface area (Å²) < 4.78 is 0. The molecule has 132 valence electrons. The van der Waals surface area contributed by atoms with E-state index in [9.17, 15) is 0 Å². The maximum Gasteiger partial charge on any atom is 0.125 e. The molecule has 5 heteroatoms. The molecule has 0 saturated heterocycles. The van der Waals surface area contributed by atoms with Gasteiger partial charge in [0.05, 0.1) is 0 Å². The van der Waals surface area contributed by atoms with Gasteiger partial charge in [0, 0.05) is 53.9 Å². The van der Waals surface area contributed by atoms with E-state index in [-0.39, 0.29) is 0 Å². The van der Waals surface area contributed by atoms with E-state index in [1.807, 2.05) is 36.7 Å². The summed E-state index contributed by atoms with van der Waals surface area (Å²) in [6.45, 7) is 7.35. The fraction of sp³-hybridized carbons (Fsp3) is 0.350. The van der Waals surface area contributed by atoms with Crippen molar-refractivity contribution in [1.82, 2.24) is 9.97 Å². The number of hydrogen-bond acceptors (Lipinski definition) is 5. The quantitative estimate of drug-likeness (QED) is 0.585. The molecular weight excluding hydrogens is 310 g/mol. The second-order valence-electron chi connectivity index (χ2n) is 6.38. The maximum absolute atomic E-state index is 7.67. The van der Waals surface area contributed by atoms with Crippen molar-refractivity contribution < 1.29 is 0 Å². The molecule has 0 atom stereocenters. The third-order valence-electron chi connectivity index (χ3n) is 3.66. The molecular formula is C20H27N5. The Morgan fingerprint density at radius 1 is 1.24 bits per heavy atom. The minimum Gasteiger partial charge on any atom is -0.370 e. The summed E-state index contributed by atoms with van der Waals surface area (Å²) in [7, 11) is 0. The molecule has 0 aromatic carbocycles. The molecule has 5 nitrogen and oxygen atoms in total. The zero-order chi connectivity index (χ0) is 18.1. The number of nitrogens with one attached hydrogen (secondary N) is 3. The molecule has 0 bridgehead atoms. The maximum atomic E-state index is 7.67. The van der Waals surface area contributed by atoms with Crippen LogP contribution in [0.4, 0.5) is 11.5 Å². The predicted molar refractivity (Wildman–Crippen MR) is 106 cm³/mol. The Morgan fingerprint density at radius 2 is 2.08 bits per heavy atom. The fourth-order valence-corrected chi connectivity index (χ4v) is 2.31. The summed E-state index contributed by atoms with van der Waals surface area (Å²) in [4.78, 5) is 8.77. The van der Waals surface area contributed by atoms with E-state index < -0.39 is 0 Å². The minimum absolute atomic E-state index is 0.570. The van der Waals surface area contributed by atoms with Crippen LogP contribution in [0.3, 0.4) is 0 Å². The molecule has 3 N–H and O–H groups in total. The SMILES string of the molecule is CCCc1cc(N/C=C(\C=N)c2ccc(NCC(C)C)nc2)ccn1. The van der Waals surface area contributed by atoms with Gasteiger partial charge in [-0.1, -0.05) is 27.2 Å². The molecule has 0 aliphatic heterocycles. The fourth-order valence-electron chi connectivity index (χ4n) is 2.31. The molecule has 2 aromatic heterocycles. The number of anilines is 2. The normalized spacial score (nSPS) is 11.4. The number of pyridine rings is 2. The second-order valence-corrected chi connectivity index (χ2v) is 6.38. The Balaban J connectivity index is 2.06. The van der Waals surface area contributed by atoms with Crippen LogP contribution in [0.5, 0.6) is 0 Å². The van der Waals surface area contributed by atoms with E-state index in [0.717, 1.165) is 47.7 Å². The van der Waals surface area contributed by atoms with Gasteiger partial charge in [-0.25, -0.2) is 4.98 Å². The first kappa shape index (κ1) is 18.6. The average Bonchev–Trinajstić information content (AvgIpc) is 2.62. The van der Waals surface area contributed by atoms with Gasteiger partial charge in [-0.15, -0.1) is 0 Å². The molecule has 2 rings (SSSR count). The van der Waals surface area contributed by atoms with Gasteiger partial charge in [0.15, 0.2) is 0 Å². The highest BCUT2D eigenvalue weighted by Crippen LogP contribution is 2.16. The van der Waals surface area contributed by atoms with Crippen LogP contribution in [0.25, 0.3) is 5.57 Å². The van der Waals surface area contributed by atoms with Crippen molar-refractivity contribution in [2.45, 2.75) is 33.6 Å². The molecule has 0 unspecified atom stereocenters. The summed E-state index contributed by atoms with van der Waals surface area (Å²) in [6.07, 6.45) is 8.79. The molecule has 0 aliphatic carbocycles. The average molecular weight is 337 g/mol. The number of aromatic nitrogens is 2. The Hall–Kier alpha value is -2.69. The molecule has 2 heterocycles. The van der Waals surface area contributed by atoms with E-state index in [4.69, 9.17) is 5.41 Å². The van der Waals surface area contributed by atoms with E-state index >= 15 is 0 Å². The largest absolute Gasteiger partial charge is 0.370 e. The topological polar surface area (TPSA) is 73.7 Å². The number of rotatable bonds is 9. The minimum atomic E-state index is 0.570. The van der Waals surface area contributed by atoms with Crippen molar-refractivity contribution >= 4 is 23.3 Å². The van der Waals surface area contributed by atoms with Gasteiger partial charge in [0.25, 0.3) is 0 Å². The first-order chi connectivity index (χ1) is 12.1. The number of aryl methyl sites for hydroxylation is 1. The van der Waals surface area contributed by atoms with E-state index in [1.54, 1.807) is 6.20 Å². The summed E-state index contributed by atoms with van der Waals surface area (Å²) in [5, 5.41) is 14.2. The van der Waals surface area contributed by atoms with Gasteiger partial charge in [-0.05, 0) is 36.6 Å². The second kappa shape index (κ2) is 9.57. The smallest absolute Gasteiger partial charge is 0.125 e. The van der Waals surface area contributed by atoms with Crippen LogP contribution in [-0.4, -0.2) is 22.7 Å². The first-order valence-electron chi connectivity index (χ1n) is 8.74. The van der Waals surface area contributed by atoms with Crippen LogP contribution in [0, 0.1) is 11.3 Å². The highest BCUT2D eigenvalue weighted by molar-refractivity contribution is 6.08. The van der Waals surface area contributed by atoms with Crippen LogP contribution in [-0.2, 0) is 6.42 Å². The van der Waals surface area contributed by atoms with E-state index in [1.165, 1.54) is 6.21 Å². The highest BCUT2D eigenvalue weighted by atomic mass is 15.0. The molecule has 0 amide bonds.